The van der Waals surface area contributed by atoms with Crippen molar-refractivity contribution >= 4 is 5.91 Å². The van der Waals surface area contributed by atoms with E-state index in [9.17, 15) is 10.1 Å². The first-order valence-electron chi connectivity index (χ1n) is 7.96. The summed E-state index contributed by atoms with van der Waals surface area (Å²) in [7, 11) is 0. The van der Waals surface area contributed by atoms with E-state index in [1.807, 2.05) is 29.0 Å². The number of nitriles is 2. The number of carbonyl (C=O) groups excluding carboxylic acids is 1. The molecule has 0 radical (unpaired) electrons. The summed E-state index contributed by atoms with van der Waals surface area (Å²) in [5.74, 6) is -0.348. The highest BCUT2D eigenvalue weighted by Gasteiger charge is 2.17. The van der Waals surface area contributed by atoms with Gasteiger partial charge in [0.2, 0.25) is 0 Å². The predicted octanol–water partition coefficient (Wildman–Crippen LogP) is 2.93. The van der Waals surface area contributed by atoms with Crippen molar-refractivity contribution in [2.24, 2.45) is 0 Å². The summed E-state index contributed by atoms with van der Waals surface area (Å²) in [6, 6.07) is 18.1. The molecule has 126 valence electrons. The van der Waals surface area contributed by atoms with E-state index in [0.29, 0.717) is 17.7 Å². The van der Waals surface area contributed by atoms with Crippen molar-refractivity contribution in [3.8, 4) is 12.3 Å². The molecule has 0 atom stereocenters. The minimum atomic E-state index is -0.348. The summed E-state index contributed by atoms with van der Waals surface area (Å²) in [5.41, 5.74) is 2.82. The van der Waals surface area contributed by atoms with Crippen molar-refractivity contribution < 1.29 is 4.79 Å². The van der Waals surface area contributed by atoms with Gasteiger partial charge < -0.3 is 4.57 Å². The summed E-state index contributed by atoms with van der Waals surface area (Å²) in [6.45, 7) is 0.681. The average Bonchev–Trinajstić information content (AvgIpc) is 3.13. The largest absolute Gasteiger partial charge is 0.328 e. The lowest BCUT2D eigenvalue weighted by Crippen LogP contribution is -2.26. The standard InChI is InChI=1S/C20H15N5O/c21-10-16-6-8-17(9-7-16)12-25-15-23-11-19(25)13-24(14-22)20(26)18-4-2-1-3-5-18/h1-9,11,15H,12-13H2. The van der Waals surface area contributed by atoms with Crippen LogP contribution in [-0.4, -0.2) is 20.4 Å². The molecule has 0 saturated carbocycles. The lowest BCUT2D eigenvalue weighted by molar-refractivity contribution is 0.0822. The van der Waals surface area contributed by atoms with Crippen molar-refractivity contribution in [2.45, 2.75) is 13.1 Å². The maximum Gasteiger partial charge on any atom is 0.267 e. The van der Waals surface area contributed by atoms with Crippen LogP contribution in [0, 0.1) is 22.8 Å². The topological polar surface area (TPSA) is 85.7 Å². The molecule has 0 N–H and O–H groups in total. The highest BCUT2D eigenvalue weighted by molar-refractivity contribution is 5.95. The number of amides is 1. The van der Waals surface area contributed by atoms with Gasteiger partial charge >= 0.3 is 0 Å². The Labute approximate surface area is 151 Å². The van der Waals surface area contributed by atoms with E-state index in [0.717, 1.165) is 16.2 Å². The Balaban J connectivity index is 1.76. The lowest BCUT2D eigenvalue weighted by Gasteiger charge is -2.15. The first kappa shape index (κ1) is 16.9. The molecular weight excluding hydrogens is 326 g/mol. The van der Waals surface area contributed by atoms with Crippen LogP contribution in [0.5, 0.6) is 0 Å². The van der Waals surface area contributed by atoms with E-state index in [-0.39, 0.29) is 12.5 Å². The molecule has 1 heterocycles. The molecule has 26 heavy (non-hydrogen) atoms. The van der Waals surface area contributed by atoms with Gasteiger partial charge in [-0.25, -0.2) is 9.88 Å². The highest BCUT2D eigenvalue weighted by atomic mass is 16.2. The van der Waals surface area contributed by atoms with E-state index in [1.165, 1.54) is 0 Å². The molecule has 0 aliphatic heterocycles. The van der Waals surface area contributed by atoms with Gasteiger partial charge in [-0.3, -0.25) is 4.79 Å². The SMILES string of the molecule is N#Cc1ccc(Cn2cncc2CN(C#N)C(=O)c2ccccc2)cc1. The second-order valence-corrected chi connectivity index (χ2v) is 5.68. The fourth-order valence-corrected chi connectivity index (χ4v) is 2.55. The smallest absolute Gasteiger partial charge is 0.267 e. The van der Waals surface area contributed by atoms with E-state index in [4.69, 9.17) is 5.26 Å². The molecule has 0 unspecified atom stereocenters. The van der Waals surface area contributed by atoms with Crippen LogP contribution in [0.1, 0.15) is 27.2 Å². The second kappa shape index (κ2) is 7.78. The third-order valence-corrected chi connectivity index (χ3v) is 3.94. The molecule has 6 nitrogen and oxygen atoms in total. The van der Waals surface area contributed by atoms with Gasteiger partial charge in [-0.05, 0) is 29.8 Å². The molecule has 0 saturated heterocycles. The monoisotopic (exact) mass is 341 g/mol. The fraction of sp³-hybridized carbons (Fsp3) is 0.100. The molecule has 0 aliphatic rings. The summed E-state index contributed by atoms with van der Waals surface area (Å²) >= 11 is 0. The zero-order valence-electron chi connectivity index (χ0n) is 13.9. The summed E-state index contributed by atoms with van der Waals surface area (Å²) in [4.78, 5) is 17.7. The number of hydrogen-bond acceptors (Lipinski definition) is 4. The van der Waals surface area contributed by atoms with E-state index < -0.39 is 0 Å². The maximum absolute atomic E-state index is 12.5. The maximum atomic E-state index is 12.5. The Morgan fingerprint density at radius 1 is 1.08 bits per heavy atom. The van der Waals surface area contributed by atoms with Crippen LogP contribution in [0.2, 0.25) is 0 Å². The molecule has 3 aromatic rings. The molecule has 0 bridgehead atoms. The second-order valence-electron chi connectivity index (χ2n) is 5.68. The number of nitrogens with zero attached hydrogens (tertiary/aromatic N) is 5. The van der Waals surface area contributed by atoms with Crippen LogP contribution in [0.4, 0.5) is 0 Å². The molecule has 0 fully saturated rings. The molecule has 1 amide bonds. The Bertz CT molecular complexity index is 978. The highest BCUT2D eigenvalue weighted by Crippen LogP contribution is 2.12. The number of imidazole rings is 1. The van der Waals surface area contributed by atoms with Crippen LogP contribution < -0.4 is 0 Å². The Kier molecular flexibility index (Phi) is 5.07. The van der Waals surface area contributed by atoms with Gasteiger partial charge in [0.15, 0.2) is 6.19 Å². The fourth-order valence-electron chi connectivity index (χ4n) is 2.55. The molecule has 6 heteroatoms. The van der Waals surface area contributed by atoms with Crippen LogP contribution in [0.3, 0.4) is 0 Å². The van der Waals surface area contributed by atoms with Crippen molar-refractivity contribution in [3.05, 3.63) is 89.5 Å². The lowest BCUT2D eigenvalue weighted by atomic mass is 10.1. The normalized spacial score (nSPS) is 9.92. The third-order valence-electron chi connectivity index (χ3n) is 3.94. The van der Waals surface area contributed by atoms with Crippen LogP contribution >= 0.6 is 0 Å². The van der Waals surface area contributed by atoms with Gasteiger partial charge in [0, 0.05) is 18.3 Å². The minimum Gasteiger partial charge on any atom is -0.328 e. The third kappa shape index (κ3) is 3.77. The average molecular weight is 341 g/mol. The number of carbonyl (C=O) groups is 1. The van der Waals surface area contributed by atoms with Gasteiger partial charge in [-0.2, -0.15) is 10.5 Å². The number of rotatable bonds is 5. The van der Waals surface area contributed by atoms with Gasteiger partial charge in [0.1, 0.15) is 0 Å². The number of hydrogen-bond donors (Lipinski definition) is 0. The number of aromatic nitrogens is 2. The summed E-state index contributed by atoms with van der Waals surface area (Å²) in [5, 5.41) is 18.3. The Morgan fingerprint density at radius 3 is 2.46 bits per heavy atom. The van der Waals surface area contributed by atoms with Crippen molar-refractivity contribution in [3.63, 3.8) is 0 Å². The van der Waals surface area contributed by atoms with E-state index in [2.05, 4.69) is 11.1 Å². The van der Waals surface area contributed by atoms with Crippen molar-refractivity contribution in [1.82, 2.24) is 14.5 Å². The Hall–Kier alpha value is -3.90. The zero-order chi connectivity index (χ0) is 18.4. The van der Waals surface area contributed by atoms with Crippen molar-refractivity contribution in [2.75, 3.05) is 0 Å². The Morgan fingerprint density at radius 2 is 1.81 bits per heavy atom. The van der Waals surface area contributed by atoms with Crippen LogP contribution in [0.15, 0.2) is 67.1 Å². The molecule has 3 rings (SSSR count). The van der Waals surface area contributed by atoms with Crippen LogP contribution in [0.25, 0.3) is 0 Å². The van der Waals surface area contributed by atoms with E-state index >= 15 is 0 Å². The van der Waals surface area contributed by atoms with E-state index in [1.54, 1.807) is 48.9 Å². The van der Waals surface area contributed by atoms with Crippen LogP contribution in [-0.2, 0) is 13.1 Å². The minimum absolute atomic E-state index is 0.139. The molecule has 1 aromatic heterocycles. The first-order chi connectivity index (χ1) is 12.7. The zero-order valence-corrected chi connectivity index (χ0v) is 13.9. The first-order valence-corrected chi connectivity index (χ1v) is 7.96. The van der Waals surface area contributed by atoms with Gasteiger partial charge in [-0.1, -0.05) is 30.3 Å². The molecule has 0 spiro atoms. The molecule has 2 aromatic carbocycles. The summed E-state index contributed by atoms with van der Waals surface area (Å²) in [6.07, 6.45) is 5.26. The molecule has 0 aliphatic carbocycles. The molecular formula is C20H15N5O. The summed E-state index contributed by atoms with van der Waals surface area (Å²) < 4.78 is 1.88. The van der Waals surface area contributed by atoms with Gasteiger partial charge in [-0.15, -0.1) is 0 Å². The van der Waals surface area contributed by atoms with Gasteiger partial charge in [0.05, 0.1) is 30.2 Å². The van der Waals surface area contributed by atoms with Gasteiger partial charge in [0.25, 0.3) is 5.91 Å². The van der Waals surface area contributed by atoms with Crippen molar-refractivity contribution in [1.29, 1.82) is 10.5 Å². The number of benzene rings is 2. The quantitative estimate of drug-likeness (QED) is 0.527. The predicted molar refractivity (Wildman–Crippen MR) is 94.4 cm³/mol.